The van der Waals surface area contributed by atoms with E-state index in [-0.39, 0.29) is 10.8 Å². The molecular formula is C32H40N6O4S. The summed E-state index contributed by atoms with van der Waals surface area (Å²) >= 11 is 0. The van der Waals surface area contributed by atoms with Gasteiger partial charge >= 0.3 is 6.03 Å². The Morgan fingerprint density at radius 1 is 0.977 bits per heavy atom. The van der Waals surface area contributed by atoms with Crippen LogP contribution in [0.25, 0.3) is 22.3 Å². The number of fused-ring (bicyclic) bond motifs is 1. The number of pyridine rings is 1. The van der Waals surface area contributed by atoms with Crippen LogP contribution in [0.2, 0.25) is 0 Å². The number of rotatable bonds is 13. The van der Waals surface area contributed by atoms with Crippen molar-refractivity contribution in [2.45, 2.75) is 77.7 Å². The Morgan fingerprint density at radius 3 is 2.44 bits per heavy atom. The fourth-order valence-corrected chi connectivity index (χ4v) is 6.09. The lowest BCUT2D eigenvalue weighted by Crippen LogP contribution is -2.40. The molecule has 0 aliphatic rings. The van der Waals surface area contributed by atoms with Crippen LogP contribution in [0, 0.1) is 6.92 Å². The molecule has 10 nitrogen and oxygen atoms in total. The minimum Gasteiger partial charge on any atom is -0.337 e. The van der Waals surface area contributed by atoms with Crippen molar-refractivity contribution in [2.75, 3.05) is 11.9 Å². The maximum atomic E-state index is 13.6. The summed E-state index contributed by atoms with van der Waals surface area (Å²) in [6, 6.07) is 13.7. The van der Waals surface area contributed by atoms with E-state index >= 15 is 0 Å². The minimum atomic E-state index is -4.21. The van der Waals surface area contributed by atoms with Crippen molar-refractivity contribution in [1.29, 1.82) is 0 Å². The maximum Gasteiger partial charge on any atom is 0.328 e. The van der Waals surface area contributed by atoms with E-state index in [9.17, 15) is 18.0 Å². The van der Waals surface area contributed by atoms with E-state index < -0.39 is 16.1 Å². The van der Waals surface area contributed by atoms with Gasteiger partial charge in [-0.1, -0.05) is 69.7 Å². The number of amides is 3. The van der Waals surface area contributed by atoms with Gasteiger partial charge in [0.1, 0.15) is 11.3 Å². The molecule has 3 amide bonds. The molecule has 4 aromatic rings. The third-order valence-electron chi connectivity index (χ3n) is 7.12. The highest BCUT2D eigenvalue weighted by atomic mass is 32.2. The lowest BCUT2D eigenvalue weighted by Gasteiger charge is -2.15. The van der Waals surface area contributed by atoms with Crippen molar-refractivity contribution in [3.63, 3.8) is 0 Å². The van der Waals surface area contributed by atoms with E-state index in [0.29, 0.717) is 53.9 Å². The molecule has 0 aliphatic carbocycles. The highest BCUT2D eigenvalue weighted by Crippen LogP contribution is 2.30. The number of urea groups is 1. The predicted molar refractivity (Wildman–Crippen MR) is 169 cm³/mol. The van der Waals surface area contributed by atoms with E-state index in [2.05, 4.69) is 27.3 Å². The number of nitrogens with one attached hydrogen (secondary N) is 3. The standard InChI is InChI=1S/C32H40N6O4S/c1-5-8-18-33-32(40)37-43(41,42)27-19-23(16-17-25(27)24-14-10-9-11-15-24)21-38-28(12-6-2)36-30-22(4)26(20-34-31(30)38)35-29(39)13-7-3/h9-11,14-17,19-20H,5-8,12-13,18,21H2,1-4H3,(H,35,39)(H2,33,37,40). The number of unbranched alkanes of at least 4 members (excludes halogenated alkanes) is 1. The first-order valence-electron chi connectivity index (χ1n) is 14.8. The Labute approximate surface area is 253 Å². The van der Waals surface area contributed by atoms with Crippen LogP contribution in [0.3, 0.4) is 0 Å². The van der Waals surface area contributed by atoms with Crippen molar-refractivity contribution in [2.24, 2.45) is 0 Å². The molecule has 2 aromatic heterocycles. The molecule has 0 fully saturated rings. The lowest BCUT2D eigenvalue weighted by molar-refractivity contribution is -0.116. The van der Waals surface area contributed by atoms with E-state index in [1.807, 2.05) is 61.7 Å². The molecule has 0 aliphatic heterocycles. The van der Waals surface area contributed by atoms with Gasteiger partial charge in [-0.15, -0.1) is 0 Å². The minimum absolute atomic E-state index is 0.00775. The van der Waals surface area contributed by atoms with Crippen LogP contribution in [0.1, 0.15) is 69.8 Å². The molecule has 0 radical (unpaired) electrons. The normalized spacial score (nSPS) is 11.4. The van der Waals surface area contributed by atoms with Crippen molar-refractivity contribution >= 4 is 38.8 Å². The monoisotopic (exact) mass is 604 g/mol. The third-order valence-corrected chi connectivity index (χ3v) is 8.49. The number of anilines is 1. The fourth-order valence-electron chi connectivity index (χ4n) is 4.89. The maximum absolute atomic E-state index is 13.6. The van der Waals surface area contributed by atoms with Crippen LogP contribution >= 0.6 is 0 Å². The summed E-state index contributed by atoms with van der Waals surface area (Å²) < 4.78 is 31.3. The molecule has 11 heteroatoms. The smallest absolute Gasteiger partial charge is 0.328 e. The first-order valence-corrected chi connectivity index (χ1v) is 16.3. The summed E-state index contributed by atoms with van der Waals surface area (Å²) in [5, 5.41) is 5.55. The van der Waals surface area contributed by atoms with Gasteiger partial charge in [0.25, 0.3) is 10.0 Å². The van der Waals surface area contributed by atoms with Gasteiger partial charge in [-0.25, -0.2) is 27.9 Å². The quantitative estimate of drug-likeness (QED) is 0.162. The second kappa shape index (κ2) is 14.3. The number of carbonyl (C=O) groups excluding carboxylic acids is 2. The van der Waals surface area contributed by atoms with Gasteiger partial charge in [0.05, 0.1) is 23.3 Å². The average Bonchev–Trinajstić information content (AvgIpc) is 3.32. The summed E-state index contributed by atoms with van der Waals surface area (Å²) in [6.07, 6.45) is 5.99. The zero-order valence-corrected chi connectivity index (χ0v) is 26.1. The lowest BCUT2D eigenvalue weighted by atomic mass is 10.0. The summed E-state index contributed by atoms with van der Waals surface area (Å²) in [6.45, 7) is 8.62. The van der Waals surface area contributed by atoms with Crippen LogP contribution in [-0.4, -0.2) is 41.4 Å². The van der Waals surface area contributed by atoms with Crippen molar-refractivity contribution in [3.8, 4) is 11.1 Å². The van der Waals surface area contributed by atoms with E-state index in [1.165, 1.54) is 0 Å². The Balaban J connectivity index is 1.75. The number of aromatic nitrogens is 3. The molecule has 0 unspecified atom stereocenters. The molecule has 4 rings (SSSR count). The Bertz CT molecular complexity index is 1700. The Hall–Kier alpha value is -4.25. The van der Waals surface area contributed by atoms with E-state index in [0.717, 1.165) is 42.6 Å². The molecule has 0 saturated heterocycles. The van der Waals surface area contributed by atoms with Gasteiger partial charge in [-0.3, -0.25) is 4.79 Å². The Kier molecular flexibility index (Phi) is 10.5. The fraction of sp³-hybridized carbons (Fsp3) is 0.375. The molecular weight excluding hydrogens is 564 g/mol. The number of carbonyl (C=O) groups is 2. The zero-order chi connectivity index (χ0) is 31.0. The molecule has 228 valence electrons. The van der Waals surface area contributed by atoms with Crippen molar-refractivity contribution < 1.29 is 18.0 Å². The first kappa shape index (κ1) is 31.7. The van der Waals surface area contributed by atoms with Crippen LogP contribution in [0.4, 0.5) is 10.5 Å². The summed E-state index contributed by atoms with van der Waals surface area (Å²) in [7, 11) is -4.21. The van der Waals surface area contributed by atoms with E-state index in [1.54, 1.807) is 18.3 Å². The summed E-state index contributed by atoms with van der Waals surface area (Å²) in [5.41, 5.74) is 4.72. The highest BCUT2D eigenvalue weighted by Gasteiger charge is 2.24. The average molecular weight is 605 g/mol. The topological polar surface area (TPSA) is 135 Å². The summed E-state index contributed by atoms with van der Waals surface area (Å²) in [5.74, 6) is 0.745. The van der Waals surface area contributed by atoms with E-state index in [4.69, 9.17) is 4.98 Å². The zero-order valence-electron chi connectivity index (χ0n) is 25.2. The molecule has 2 heterocycles. The van der Waals surface area contributed by atoms with Crippen LogP contribution < -0.4 is 15.4 Å². The molecule has 43 heavy (non-hydrogen) atoms. The number of hydrogen-bond donors (Lipinski definition) is 3. The van der Waals surface area contributed by atoms with Crippen LogP contribution in [0.5, 0.6) is 0 Å². The molecule has 3 N–H and O–H groups in total. The second-order valence-corrected chi connectivity index (χ2v) is 12.2. The SMILES string of the molecule is CCCCNC(=O)NS(=O)(=O)c1cc(Cn2c(CCC)nc3c(C)c(NC(=O)CCC)cnc32)ccc1-c1ccccc1. The number of hydrogen-bond acceptors (Lipinski definition) is 6. The number of nitrogens with zero attached hydrogens (tertiary/aromatic N) is 3. The number of sulfonamides is 1. The largest absolute Gasteiger partial charge is 0.337 e. The van der Waals surface area contributed by atoms with Gasteiger partial charge < -0.3 is 15.2 Å². The van der Waals surface area contributed by atoms with Crippen LogP contribution in [-0.2, 0) is 27.8 Å². The number of benzene rings is 2. The van der Waals surface area contributed by atoms with Crippen molar-refractivity contribution in [1.82, 2.24) is 24.6 Å². The van der Waals surface area contributed by atoms with Gasteiger partial charge in [0.15, 0.2) is 5.65 Å². The molecule has 0 saturated carbocycles. The highest BCUT2D eigenvalue weighted by molar-refractivity contribution is 7.90. The molecule has 2 aromatic carbocycles. The van der Waals surface area contributed by atoms with Gasteiger partial charge in [-0.05, 0) is 43.4 Å². The Morgan fingerprint density at radius 2 is 1.74 bits per heavy atom. The molecule has 0 spiro atoms. The number of aryl methyl sites for hydroxylation is 2. The third kappa shape index (κ3) is 7.59. The van der Waals surface area contributed by atoms with Gasteiger partial charge in [-0.2, -0.15) is 0 Å². The van der Waals surface area contributed by atoms with Crippen molar-refractivity contribution in [3.05, 3.63) is 71.7 Å². The van der Waals surface area contributed by atoms with Crippen LogP contribution in [0.15, 0.2) is 59.6 Å². The number of imidazole rings is 1. The first-order chi connectivity index (χ1) is 20.7. The molecule has 0 bridgehead atoms. The summed E-state index contributed by atoms with van der Waals surface area (Å²) in [4.78, 5) is 34.3. The second-order valence-electron chi connectivity index (χ2n) is 10.5. The molecule has 0 atom stereocenters. The predicted octanol–water partition coefficient (Wildman–Crippen LogP) is 5.93. The van der Waals surface area contributed by atoms with Gasteiger partial charge in [0, 0.05) is 30.5 Å². The van der Waals surface area contributed by atoms with Gasteiger partial charge in [0.2, 0.25) is 5.91 Å².